The predicted molar refractivity (Wildman–Crippen MR) is 147 cm³/mol. The van der Waals surface area contributed by atoms with Crippen molar-refractivity contribution in [1.29, 1.82) is 0 Å². The number of hydrogen-bond acceptors (Lipinski definition) is 4. The molecule has 0 aromatic heterocycles. The third kappa shape index (κ3) is 6.90. The first-order chi connectivity index (χ1) is 18.1. The molecule has 0 unspecified atom stereocenters. The van der Waals surface area contributed by atoms with Crippen molar-refractivity contribution in [2.45, 2.75) is 44.7 Å². The van der Waals surface area contributed by atoms with E-state index in [0.29, 0.717) is 34.8 Å². The number of nitrogens with one attached hydrogen (secondary N) is 1. The Labute approximate surface area is 228 Å². The van der Waals surface area contributed by atoms with Gasteiger partial charge in [-0.3, -0.25) is 13.9 Å². The van der Waals surface area contributed by atoms with Crippen LogP contribution in [0, 0.1) is 12.7 Å². The van der Waals surface area contributed by atoms with Gasteiger partial charge in [0.25, 0.3) is 10.0 Å². The summed E-state index contributed by atoms with van der Waals surface area (Å²) in [6.45, 7) is 5.12. The molecule has 0 fully saturated rings. The smallest absolute Gasteiger partial charge is 0.264 e. The van der Waals surface area contributed by atoms with Crippen LogP contribution in [0.3, 0.4) is 0 Å². The lowest BCUT2D eigenvalue weighted by Gasteiger charge is -2.33. The summed E-state index contributed by atoms with van der Waals surface area (Å²) in [5, 5.41) is 3.12. The van der Waals surface area contributed by atoms with E-state index in [9.17, 15) is 22.4 Å². The molecule has 7 nitrogen and oxygen atoms in total. The monoisotopic (exact) mass is 559 g/mol. The second-order valence-electron chi connectivity index (χ2n) is 8.72. The maximum absolute atomic E-state index is 13.9. The number of likely N-dealkylation sites (N-methyl/N-ethyl adjacent to an activating group) is 1. The first-order valence-electron chi connectivity index (χ1n) is 12.2. The van der Waals surface area contributed by atoms with Gasteiger partial charge in [-0.25, -0.2) is 12.8 Å². The fourth-order valence-corrected chi connectivity index (χ4v) is 5.69. The molecular weight excluding hydrogens is 529 g/mol. The van der Waals surface area contributed by atoms with Gasteiger partial charge in [-0.15, -0.1) is 0 Å². The number of rotatable bonds is 11. The van der Waals surface area contributed by atoms with Gasteiger partial charge in [0.15, 0.2) is 0 Å². The van der Waals surface area contributed by atoms with Crippen LogP contribution in [0.4, 0.5) is 10.1 Å². The number of amides is 2. The summed E-state index contributed by atoms with van der Waals surface area (Å²) in [6.07, 6.45) is 0.299. The highest BCUT2D eigenvalue weighted by Crippen LogP contribution is 2.28. The summed E-state index contributed by atoms with van der Waals surface area (Å²) in [6, 6.07) is 17.3. The van der Waals surface area contributed by atoms with E-state index in [1.165, 1.54) is 53.4 Å². The van der Waals surface area contributed by atoms with E-state index >= 15 is 0 Å². The Bertz CT molecular complexity index is 1370. The Morgan fingerprint density at radius 2 is 1.61 bits per heavy atom. The standard InChI is InChI=1S/C28H31ClFN3O4S/c1-4-25(28(35)31-5-2)32(18-21-10-14-23(30)15-11-21)27(34)19-33(26-9-7-6-8-20(26)3)38(36,37)24-16-12-22(29)13-17-24/h6-17,25H,4-5,18-19H2,1-3H3,(H,31,35)/t25-/m0/s1. The third-order valence-corrected chi connectivity index (χ3v) is 8.09. The Morgan fingerprint density at radius 3 is 2.18 bits per heavy atom. The van der Waals surface area contributed by atoms with Gasteiger partial charge in [0.2, 0.25) is 11.8 Å². The van der Waals surface area contributed by atoms with Crippen LogP contribution in [-0.2, 0) is 26.2 Å². The minimum absolute atomic E-state index is 0.00262. The zero-order valence-corrected chi connectivity index (χ0v) is 23.1. The Hall–Kier alpha value is -3.43. The third-order valence-electron chi connectivity index (χ3n) is 6.07. The molecule has 2 amide bonds. The number of sulfonamides is 1. The van der Waals surface area contributed by atoms with E-state index < -0.39 is 34.3 Å². The minimum Gasteiger partial charge on any atom is -0.355 e. The van der Waals surface area contributed by atoms with Crippen LogP contribution in [0.1, 0.15) is 31.4 Å². The van der Waals surface area contributed by atoms with E-state index in [1.807, 2.05) is 0 Å². The molecular formula is C28H31ClFN3O4S. The molecule has 0 aliphatic carbocycles. The average Bonchev–Trinajstić information content (AvgIpc) is 2.89. The number of halogens is 2. The summed E-state index contributed by atoms with van der Waals surface area (Å²) in [5.41, 5.74) is 1.59. The van der Waals surface area contributed by atoms with Gasteiger partial charge in [-0.2, -0.15) is 0 Å². The van der Waals surface area contributed by atoms with Crippen molar-refractivity contribution in [3.63, 3.8) is 0 Å². The Kier molecular flexibility index (Phi) is 9.88. The van der Waals surface area contributed by atoms with Crippen molar-refractivity contribution < 1.29 is 22.4 Å². The molecule has 0 heterocycles. The molecule has 0 saturated heterocycles. The Balaban J connectivity index is 2.06. The molecule has 38 heavy (non-hydrogen) atoms. The van der Waals surface area contributed by atoms with Gasteiger partial charge in [0, 0.05) is 18.1 Å². The summed E-state index contributed by atoms with van der Waals surface area (Å²) < 4.78 is 42.2. The second kappa shape index (κ2) is 12.9. The number of carbonyl (C=O) groups excluding carboxylic acids is 2. The number of benzene rings is 3. The molecule has 1 atom stereocenters. The largest absolute Gasteiger partial charge is 0.355 e. The van der Waals surface area contributed by atoms with Crippen LogP contribution in [-0.4, -0.2) is 44.3 Å². The number of anilines is 1. The minimum atomic E-state index is -4.19. The van der Waals surface area contributed by atoms with Crippen molar-refractivity contribution >= 4 is 39.1 Å². The molecule has 1 N–H and O–H groups in total. The Morgan fingerprint density at radius 1 is 0.974 bits per heavy atom. The molecule has 0 radical (unpaired) electrons. The quantitative estimate of drug-likeness (QED) is 0.361. The first kappa shape index (κ1) is 29.1. The van der Waals surface area contributed by atoms with Gasteiger partial charge in [0.1, 0.15) is 18.4 Å². The summed E-state index contributed by atoms with van der Waals surface area (Å²) in [7, 11) is -4.19. The SMILES string of the molecule is CCNC(=O)[C@H](CC)N(Cc1ccc(F)cc1)C(=O)CN(c1ccccc1C)S(=O)(=O)c1ccc(Cl)cc1. The van der Waals surface area contributed by atoms with Crippen LogP contribution in [0.5, 0.6) is 0 Å². The van der Waals surface area contributed by atoms with Crippen molar-refractivity contribution in [3.05, 3.63) is 94.8 Å². The lowest BCUT2D eigenvalue weighted by atomic mass is 10.1. The van der Waals surface area contributed by atoms with E-state index in [4.69, 9.17) is 11.6 Å². The molecule has 0 aliphatic rings. The van der Waals surface area contributed by atoms with E-state index in [2.05, 4.69) is 5.32 Å². The van der Waals surface area contributed by atoms with Gasteiger partial charge in [-0.05, 0) is 73.9 Å². The predicted octanol–water partition coefficient (Wildman–Crippen LogP) is 4.93. The van der Waals surface area contributed by atoms with Crippen molar-refractivity contribution in [1.82, 2.24) is 10.2 Å². The van der Waals surface area contributed by atoms with Crippen LogP contribution in [0.25, 0.3) is 0 Å². The summed E-state index contributed by atoms with van der Waals surface area (Å²) >= 11 is 5.97. The van der Waals surface area contributed by atoms with E-state index in [0.717, 1.165) is 4.31 Å². The van der Waals surface area contributed by atoms with Gasteiger partial charge in [-0.1, -0.05) is 48.9 Å². The lowest BCUT2D eigenvalue weighted by Crippen LogP contribution is -2.52. The van der Waals surface area contributed by atoms with Crippen molar-refractivity contribution in [3.8, 4) is 0 Å². The molecule has 3 rings (SSSR count). The topological polar surface area (TPSA) is 86.8 Å². The summed E-state index contributed by atoms with van der Waals surface area (Å²) in [4.78, 5) is 28.1. The van der Waals surface area contributed by atoms with Crippen molar-refractivity contribution in [2.75, 3.05) is 17.4 Å². The van der Waals surface area contributed by atoms with Gasteiger partial charge < -0.3 is 10.2 Å². The molecule has 202 valence electrons. The molecule has 0 saturated carbocycles. The maximum Gasteiger partial charge on any atom is 0.264 e. The van der Waals surface area contributed by atoms with Crippen molar-refractivity contribution in [2.24, 2.45) is 0 Å². The maximum atomic E-state index is 13.9. The number of nitrogens with zero attached hydrogens (tertiary/aromatic N) is 2. The zero-order chi connectivity index (χ0) is 27.9. The van der Waals surface area contributed by atoms with Crippen LogP contribution in [0.2, 0.25) is 5.02 Å². The molecule has 3 aromatic rings. The number of carbonyl (C=O) groups is 2. The second-order valence-corrected chi connectivity index (χ2v) is 11.0. The number of para-hydroxylation sites is 1. The highest BCUT2D eigenvalue weighted by molar-refractivity contribution is 7.92. The molecule has 10 heteroatoms. The average molecular weight is 560 g/mol. The van der Waals surface area contributed by atoms with Crippen LogP contribution < -0.4 is 9.62 Å². The van der Waals surface area contributed by atoms with E-state index in [-0.39, 0.29) is 17.3 Å². The highest BCUT2D eigenvalue weighted by atomic mass is 35.5. The summed E-state index contributed by atoms with van der Waals surface area (Å²) in [5.74, 6) is -1.36. The zero-order valence-electron chi connectivity index (χ0n) is 21.5. The normalized spacial score (nSPS) is 12.0. The van der Waals surface area contributed by atoms with Crippen LogP contribution >= 0.6 is 11.6 Å². The lowest BCUT2D eigenvalue weighted by molar-refractivity contribution is -0.140. The van der Waals surface area contributed by atoms with Gasteiger partial charge >= 0.3 is 0 Å². The highest BCUT2D eigenvalue weighted by Gasteiger charge is 2.34. The molecule has 0 spiro atoms. The van der Waals surface area contributed by atoms with E-state index in [1.54, 1.807) is 45.0 Å². The van der Waals surface area contributed by atoms with Gasteiger partial charge in [0.05, 0.1) is 10.6 Å². The number of aryl methyl sites for hydroxylation is 1. The first-order valence-corrected chi connectivity index (χ1v) is 14.1. The molecule has 0 bridgehead atoms. The van der Waals surface area contributed by atoms with Crippen LogP contribution in [0.15, 0.2) is 77.7 Å². The molecule has 0 aliphatic heterocycles. The fraction of sp³-hybridized carbons (Fsp3) is 0.286. The molecule has 3 aromatic carbocycles. The fourth-order valence-electron chi connectivity index (χ4n) is 4.09. The number of hydrogen-bond donors (Lipinski definition) is 1.